The maximum Gasteiger partial charge on any atom is 0.318 e. The fourth-order valence-corrected chi connectivity index (χ4v) is 6.39. The van der Waals surface area contributed by atoms with E-state index in [9.17, 15) is 9.59 Å². The molecule has 3 aliphatic carbocycles. The topological polar surface area (TPSA) is 43.4 Å². The summed E-state index contributed by atoms with van der Waals surface area (Å²) in [4.78, 5) is 25.5. The second kappa shape index (κ2) is 5.11. The van der Waals surface area contributed by atoms with Gasteiger partial charge in [0, 0.05) is 21.4 Å². The first-order valence-electron chi connectivity index (χ1n) is 8.74. The highest BCUT2D eigenvalue weighted by Gasteiger charge is 2.69. The lowest BCUT2D eigenvalue weighted by Gasteiger charge is -2.56. The number of hydrogen-bond acceptors (Lipinski definition) is 3. The molecule has 6 rings (SSSR count). The van der Waals surface area contributed by atoms with E-state index in [1.54, 1.807) is 0 Å². The molecule has 0 spiro atoms. The van der Waals surface area contributed by atoms with E-state index in [0.717, 1.165) is 22.3 Å². The molecule has 3 nitrogen and oxygen atoms in total. The Morgan fingerprint density at radius 3 is 1.96 bits per heavy atom. The van der Waals surface area contributed by atoms with Gasteiger partial charge in [0.2, 0.25) is 0 Å². The Hall–Kier alpha value is -1.84. The quantitative estimate of drug-likeness (QED) is 0.526. The van der Waals surface area contributed by atoms with E-state index in [1.807, 2.05) is 36.4 Å². The highest BCUT2D eigenvalue weighted by molar-refractivity contribution is 6.33. The van der Waals surface area contributed by atoms with Crippen molar-refractivity contribution in [3.8, 4) is 0 Å². The van der Waals surface area contributed by atoms with Crippen molar-refractivity contribution >= 4 is 35.1 Å². The molecule has 1 heterocycles. The minimum atomic E-state index is -0.774. The van der Waals surface area contributed by atoms with Gasteiger partial charge in [0.25, 0.3) is 0 Å². The van der Waals surface area contributed by atoms with Gasteiger partial charge in [-0.15, -0.1) is 0 Å². The van der Waals surface area contributed by atoms with Gasteiger partial charge in [0.15, 0.2) is 0 Å². The minimum Gasteiger partial charge on any atom is -0.393 e. The molecule has 1 fully saturated rings. The molecule has 26 heavy (non-hydrogen) atoms. The van der Waals surface area contributed by atoms with Crippen LogP contribution >= 0.6 is 23.2 Å². The fraction of sp³-hybridized carbons (Fsp3) is 0.333. The number of rotatable bonds is 1. The van der Waals surface area contributed by atoms with E-state index in [0.29, 0.717) is 10.0 Å². The summed E-state index contributed by atoms with van der Waals surface area (Å²) in [5.41, 5.74) is 3.09. The van der Waals surface area contributed by atoms with Crippen LogP contribution in [0.3, 0.4) is 0 Å². The van der Waals surface area contributed by atoms with Crippen LogP contribution in [0.15, 0.2) is 36.4 Å². The molecule has 1 saturated heterocycles. The van der Waals surface area contributed by atoms with Crippen LogP contribution in [0.2, 0.25) is 10.0 Å². The molecular weight excluding hydrogens is 371 g/mol. The van der Waals surface area contributed by atoms with E-state index >= 15 is 0 Å². The van der Waals surface area contributed by atoms with Crippen molar-refractivity contribution in [1.82, 2.24) is 0 Å². The van der Waals surface area contributed by atoms with Crippen LogP contribution in [0.1, 0.15) is 42.0 Å². The van der Waals surface area contributed by atoms with E-state index in [4.69, 9.17) is 27.9 Å². The number of benzene rings is 2. The third-order valence-electron chi connectivity index (χ3n) is 6.44. The van der Waals surface area contributed by atoms with Crippen LogP contribution in [-0.4, -0.2) is 11.9 Å². The van der Waals surface area contributed by atoms with Crippen molar-refractivity contribution in [2.75, 3.05) is 0 Å². The molecule has 2 aromatic carbocycles. The van der Waals surface area contributed by atoms with E-state index in [-0.39, 0.29) is 11.8 Å². The number of carbonyl (C=O) groups is 2. The lowest BCUT2D eigenvalue weighted by molar-refractivity contribution is -0.154. The Bertz CT molecular complexity index is 941. The van der Waals surface area contributed by atoms with Gasteiger partial charge in [-0.05, 0) is 40.3 Å². The molecule has 4 aliphatic rings. The predicted molar refractivity (Wildman–Crippen MR) is 98.4 cm³/mol. The van der Waals surface area contributed by atoms with Crippen LogP contribution in [0, 0.1) is 17.8 Å². The van der Waals surface area contributed by atoms with Crippen molar-refractivity contribution in [1.29, 1.82) is 0 Å². The first-order chi connectivity index (χ1) is 12.4. The number of halogens is 2. The average molecular weight is 387 g/mol. The molecule has 2 atom stereocenters. The van der Waals surface area contributed by atoms with Gasteiger partial charge in [0.1, 0.15) is 0 Å². The molecule has 0 saturated carbocycles. The molecular formula is C21H16Cl2O3. The summed E-state index contributed by atoms with van der Waals surface area (Å²) >= 11 is 13.4. The largest absolute Gasteiger partial charge is 0.393 e. The van der Waals surface area contributed by atoms with Gasteiger partial charge in [-0.1, -0.05) is 61.3 Å². The molecule has 2 bridgehead atoms. The van der Waals surface area contributed by atoms with Gasteiger partial charge < -0.3 is 4.74 Å². The van der Waals surface area contributed by atoms with Gasteiger partial charge in [0.05, 0.1) is 11.8 Å². The summed E-state index contributed by atoms with van der Waals surface area (Å²) in [5, 5.41) is 1.22. The van der Waals surface area contributed by atoms with Crippen LogP contribution < -0.4 is 0 Å². The van der Waals surface area contributed by atoms with Crippen molar-refractivity contribution in [3.63, 3.8) is 0 Å². The molecule has 1 aliphatic heterocycles. The lowest BCUT2D eigenvalue weighted by atomic mass is 9.44. The SMILES string of the molecule is CC(C)C12c3c(Cl)cccc3C(c3cccc(Cl)c31)C1C(=O)OC(=O)C12. The van der Waals surface area contributed by atoms with Crippen molar-refractivity contribution in [2.24, 2.45) is 17.8 Å². The third-order valence-corrected chi connectivity index (χ3v) is 7.07. The van der Waals surface area contributed by atoms with Crippen molar-refractivity contribution in [3.05, 3.63) is 68.7 Å². The molecule has 0 N–H and O–H groups in total. The zero-order valence-corrected chi connectivity index (χ0v) is 15.8. The fourth-order valence-electron chi connectivity index (χ4n) is 5.71. The number of cyclic esters (lactones) is 2. The Kier molecular flexibility index (Phi) is 3.21. The number of carbonyl (C=O) groups excluding carboxylic acids is 2. The van der Waals surface area contributed by atoms with E-state index in [2.05, 4.69) is 13.8 Å². The molecule has 132 valence electrons. The first kappa shape index (κ1) is 16.3. The minimum absolute atomic E-state index is 0.00741. The third kappa shape index (κ3) is 1.62. The summed E-state index contributed by atoms with van der Waals surface area (Å²) in [6.45, 7) is 4.11. The standard InChI is InChI=1S/C21H16Cl2O3/c1-9(2)21-16-10(5-3-7-12(16)22)14(11-6-4-8-13(23)17(11)21)15-18(21)20(25)26-19(15)24/h3-9,14-15,18H,1-2H3. The predicted octanol–water partition coefficient (Wildman–Crippen LogP) is 4.71. The van der Waals surface area contributed by atoms with Crippen LogP contribution in [-0.2, 0) is 19.7 Å². The maximum atomic E-state index is 12.8. The zero-order valence-electron chi connectivity index (χ0n) is 14.3. The van der Waals surface area contributed by atoms with Gasteiger partial charge >= 0.3 is 11.9 Å². The highest BCUT2D eigenvalue weighted by atomic mass is 35.5. The molecule has 0 radical (unpaired) electrons. The average Bonchev–Trinajstić information content (AvgIpc) is 2.90. The van der Waals surface area contributed by atoms with Gasteiger partial charge in [-0.3, -0.25) is 9.59 Å². The van der Waals surface area contributed by atoms with Crippen molar-refractivity contribution < 1.29 is 14.3 Å². The smallest absolute Gasteiger partial charge is 0.318 e. The maximum absolute atomic E-state index is 12.8. The van der Waals surface area contributed by atoms with Crippen molar-refractivity contribution in [2.45, 2.75) is 25.2 Å². The van der Waals surface area contributed by atoms with Crippen LogP contribution in [0.25, 0.3) is 0 Å². The van der Waals surface area contributed by atoms with E-state index < -0.39 is 29.2 Å². The Balaban J connectivity index is 2.02. The summed E-state index contributed by atoms with van der Waals surface area (Å²) in [5.74, 6) is -2.29. The second-order valence-electron chi connectivity index (χ2n) is 7.65. The Labute approximate surface area is 161 Å². The van der Waals surface area contributed by atoms with Gasteiger partial charge in [-0.2, -0.15) is 0 Å². The van der Waals surface area contributed by atoms with Crippen LogP contribution in [0.4, 0.5) is 0 Å². The lowest BCUT2D eigenvalue weighted by Crippen LogP contribution is -2.56. The normalized spacial score (nSPS) is 30.9. The summed E-state index contributed by atoms with van der Waals surface area (Å²) in [6.07, 6.45) is 0. The van der Waals surface area contributed by atoms with E-state index in [1.165, 1.54) is 0 Å². The molecule has 0 aromatic heterocycles. The Morgan fingerprint density at radius 1 is 0.923 bits per heavy atom. The second-order valence-corrected chi connectivity index (χ2v) is 8.47. The molecule has 5 heteroatoms. The zero-order chi connectivity index (χ0) is 18.4. The first-order valence-corrected chi connectivity index (χ1v) is 9.49. The summed E-state index contributed by atoms with van der Waals surface area (Å²) < 4.78 is 5.14. The number of esters is 2. The molecule has 0 amide bonds. The monoisotopic (exact) mass is 386 g/mol. The number of ether oxygens (including phenoxy) is 1. The highest BCUT2D eigenvalue weighted by Crippen LogP contribution is 2.68. The summed E-state index contributed by atoms with van der Waals surface area (Å²) in [6, 6.07) is 11.5. The van der Waals surface area contributed by atoms with Gasteiger partial charge in [-0.25, -0.2) is 0 Å². The van der Waals surface area contributed by atoms with Crippen LogP contribution in [0.5, 0.6) is 0 Å². The number of hydrogen-bond donors (Lipinski definition) is 0. The Morgan fingerprint density at radius 2 is 1.46 bits per heavy atom. The molecule has 2 unspecified atom stereocenters. The molecule has 2 aromatic rings. The summed E-state index contributed by atoms with van der Waals surface area (Å²) in [7, 11) is 0.